The van der Waals surface area contributed by atoms with Crippen LogP contribution in [0.5, 0.6) is 0 Å². The van der Waals surface area contributed by atoms with E-state index in [1.807, 2.05) is 17.1 Å². The Kier molecular flexibility index (Phi) is 6.14. The van der Waals surface area contributed by atoms with E-state index < -0.39 is 0 Å². The predicted octanol–water partition coefficient (Wildman–Crippen LogP) is 7.01. The number of benzene rings is 1. The number of amides is 1. The number of aliphatic hydroxyl groups excluding tert-OH is 1. The number of allylic oxidation sites excluding steroid dienone is 1. The zero-order valence-corrected chi connectivity index (χ0v) is 24.0. The van der Waals surface area contributed by atoms with Crippen molar-refractivity contribution in [3.63, 3.8) is 0 Å². The quantitative estimate of drug-likeness (QED) is 0.401. The zero-order valence-electron chi connectivity index (χ0n) is 22.4. The highest BCUT2D eigenvalue weighted by molar-refractivity contribution is 8.14. The van der Waals surface area contributed by atoms with Crippen molar-refractivity contribution in [2.24, 2.45) is 44.6 Å². The van der Waals surface area contributed by atoms with E-state index in [9.17, 15) is 9.90 Å². The van der Waals surface area contributed by atoms with Crippen LogP contribution in [-0.4, -0.2) is 38.8 Å². The lowest BCUT2D eigenvalue weighted by atomic mass is 9.47. The van der Waals surface area contributed by atoms with Gasteiger partial charge in [0.1, 0.15) is 0 Å². The first-order valence-electron chi connectivity index (χ1n) is 14.5. The van der Waals surface area contributed by atoms with Crippen LogP contribution in [0.25, 0.3) is 0 Å². The fourth-order valence-corrected chi connectivity index (χ4v) is 10.4. The van der Waals surface area contributed by atoms with Gasteiger partial charge in [-0.2, -0.15) is 10.1 Å². The summed E-state index contributed by atoms with van der Waals surface area (Å²) in [6.07, 6.45) is 12.4. The van der Waals surface area contributed by atoms with Crippen LogP contribution in [0.2, 0.25) is 5.02 Å². The number of fused-ring (bicyclic) bond motifs is 5. The summed E-state index contributed by atoms with van der Waals surface area (Å²) in [7, 11) is 0. The molecule has 0 saturated heterocycles. The molecule has 4 aliphatic carbocycles. The normalized spacial score (nSPS) is 42.3. The third-order valence-electron chi connectivity index (χ3n) is 11.4. The van der Waals surface area contributed by atoms with Crippen LogP contribution in [0.15, 0.2) is 46.0 Å². The molecule has 7 rings (SSSR count). The standard InChI is InChI=1S/C31H38ClN3O2S/c1-30-13-11-21(36)15-19(30)5-8-22-23-9-10-25(31(23,2)14-12-24(22)30)26-16-27(18-3-6-20(32)7-4-18)35(34-26)29-33-28(37)17-38-29/h3-7,21-25,27,36H,8-17H2,1-2H3/t21-,22-,23-,24-,25+,27?,30-,31-/m0/s1. The van der Waals surface area contributed by atoms with Crippen molar-refractivity contribution in [1.82, 2.24) is 5.01 Å². The second-order valence-corrected chi connectivity index (χ2v) is 14.5. The molecule has 1 N–H and O–H groups in total. The largest absolute Gasteiger partial charge is 0.393 e. The Hall–Kier alpha value is -1.63. The average Bonchev–Trinajstić information content (AvgIpc) is 3.61. The van der Waals surface area contributed by atoms with Gasteiger partial charge in [0.2, 0.25) is 0 Å². The van der Waals surface area contributed by atoms with Crippen molar-refractivity contribution >= 4 is 40.1 Å². The smallest absolute Gasteiger partial charge is 0.258 e. The number of carbonyl (C=O) groups is 1. The van der Waals surface area contributed by atoms with Gasteiger partial charge in [0, 0.05) is 23.1 Å². The molecule has 0 spiro atoms. The Labute approximate surface area is 235 Å². The minimum absolute atomic E-state index is 0.0613. The number of aliphatic hydroxyl groups is 1. The van der Waals surface area contributed by atoms with Crippen LogP contribution < -0.4 is 0 Å². The minimum Gasteiger partial charge on any atom is -0.393 e. The number of hydrogen-bond acceptors (Lipinski definition) is 5. The number of rotatable bonds is 2. The number of aliphatic imine (C=N–C) groups is 1. The van der Waals surface area contributed by atoms with Gasteiger partial charge >= 0.3 is 0 Å². The molecule has 2 aliphatic heterocycles. The third-order valence-corrected chi connectivity index (χ3v) is 12.6. The fraction of sp³-hybridized carbons (Fsp3) is 0.645. The van der Waals surface area contributed by atoms with Gasteiger partial charge in [-0.3, -0.25) is 4.79 Å². The number of hydrazone groups is 1. The summed E-state index contributed by atoms with van der Waals surface area (Å²) >= 11 is 7.72. The molecule has 0 bridgehead atoms. The number of carbonyl (C=O) groups excluding carboxylic acids is 1. The molecule has 0 radical (unpaired) electrons. The second-order valence-electron chi connectivity index (χ2n) is 13.1. The Morgan fingerprint density at radius 2 is 1.87 bits per heavy atom. The highest BCUT2D eigenvalue weighted by Gasteiger charge is 2.60. The van der Waals surface area contributed by atoms with Crippen molar-refractivity contribution in [3.05, 3.63) is 46.5 Å². The Morgan fingerprint density at radius 1 is 1.05 bits per heavy atom. The molecule has 0 aromatic heterocycles. The van der Waals surface area contributed by atoms with Gasteiger partial charge < -0.3 is 5.11 Å². The summed E-state index contributed by atoms with van der Waals surface area (Å²) < 4.78 is 0. The number of hydrogen-bond donors (Lipinski definition) is 1. The molecule has 7 heteroatoms. The van der Waals surface area contributed by atoms with Gasteiger partial charge in [-0.25, -0.2) is 5.01 Å². The molecule has 1 aromatic rings. The van der Waals surface area contributed by atoms with E-state index in [0.29, 0.717) is 11.7 Å². The Bertz CT molecular complexity index is 1240. The van der Waals surface area contributed by atoms with Crippen molar-refractivity contribution in [2.75, 3.05) is 5.75 Å². The molecule has 3 fully saturated rings. The maximum absolute atomic E-state index is 12.0. The van der Waals surface area contributed by atoms with E-state index in [1.165, 1.54) is 55.1 Å². The van der Waals surface area contributed by atoms with Crippen molar-refractivity contribution < 1.29 is 9.90 Å². The molecule has 6 aliphatic rings. The molecule has 1 unspecified atom stereocenters. The monoisotopic (exact) mass is 551 g/mol. The third kappa shape index (κ3) is 3.88. The first-order chi connectivity index (χ1) is 18.3. The van der Waals surface area contributed by atoms with Crippen LogP contribution in [0.3, 0.4) is 0 Å². The second kappa shape index (κ2) is 9.21. The van der Waals surface area contributed by atoms with Gasteiger partial charge in [-0.15, -0.1) is 0 Å². The summed E-state index contributed by atoms with van der Waals surface area (Å²) in [5.74, 6) is 3.01. The van der Waals surface area contributed by atoms with Crippen molar-refractivity contribution in [1.29, 1.82) is 0 Å². The van der Waals surface area contributed by atoms with Crippen LogP contribution in [-0.2, 0) is 4.79 Å². The van der Waals surface area contributed by atoms with Gasteiger partial charge in [0.15, 0.2) is 5.17 Å². The molecule has 1 amide bonds. The lowest BCUT2D eigenvalue weighted by Crippen LogP contribution is -2.51. The number of amidine groups is 1. The molecule has 1 aromatic carbocycles. The highest BCUT2D eigenvalue weighted by atomic mass is 35.5. The molecular weight excluding hydrogens is 514 g/mol. The van der Waals surface area contributed by atoms with E-state index >= 15 is 0 Å². The minimum atomic E-state index is -0.148. The van der Waals surface area contributed by atoms with Gasteiger partial charge in [0.25, 0.3) is 5.91 Å². The van der Waals surface area contributed by atoms with E-state index in [1.54, 1.807) is 5.57 Å². The Morgan fingerprint density at radius 3 is 2.63 bits per heavy atom. The van der Waals surface area contributed by atoms with Crippen molar-refractivity contribution in [3.8, 4) is 0 Å². The Balaban J connectivity index is 1.18. The lowest BCUT2D eigenvalue weighted by Gasteiger charge is -2.58. The molecule has 2 heterocycles. The molecule has 38 heavy (non-hydrogen) atoms. The number of halogens is 1. The number of thioether (sulfide) groups is 1. The fourth-order valence-electron chi connectivity index (χ4n) is 9.47. The molecule has 202 valence electrons. The maximum Gasteiger partial charge on any atom is 0.258 e. The summed E-state index contributed by atoms with van der Waals surface area (Å²) in [6.45, 7) is 5.07. The summed E-state index contributed by atoms with van der Waals surface area (Å²) in [5, 5.41) is 19.1. The molecule has 8 atom stereocenters. The zero-order chi connectivity index (χ0) is 26.2. The van der Waals surface area contributed by atoms with Gasteiger partial charge in [0.05, 0.1) is 17.9 Å². The summed E-state index contributed by atoms with van der Waals surface area (Å²) in [5.41, 5.74) is 4.55. The summed E-state index contributed by atoms with van der Waals surface area (Å²) in [4.78, 5) is 16.4. The van der Waals surface area contributed by atoms with E-state index in [-0.39, 0.29) is 28.9 Å². The predicted molar refractivity (Wildman–Crippen MR) is 154 cm³/mol. The highest BCUT2D eigenvalue weighted by Crippen LogP contribution is 2.67. The topological polar surface area (TPSA) is 65.3 Å². The van der Waals surface area contributed by atoms with Crippen molar-refractivity contribution in [2.45, 2.75) is 83.8 Å². The molecule has 3 saturated carbocycles. The molecule has 5 nitrogen and oxygen atoms in total. The van der Waals surface area contributed by atoms with Crippen LogP contribution in [0.1, 0.15) is 83.2 Å². The number of nitrogens with zero attached hydrogens (tertiary/aromatic N) is 3. The van der Waals surface area contributed by atoms with E-state index in [4.69, 9.17) is 16.7 Å². The van der Waals surface area contributed by atoms with E-state index in [2.05, 4.69) is 37.0 Å². The molecular formula is C31H38ClN3O2S. The average molecular weight is 552 g/mol. The van der Waals surface area contributed by atoms with Gasteiger partial charge in [-0.1, -0.05) is 61.0 Å². The van der Waals surface area contributed by atoms with E-state index in [0.717, 1.165) is 53.6 Å². The van der Waals surface area contributed by atoms with Crippen LogP contribution in [0, 0.1) is 34.5 Å². The lowest BCUT2D eigenvalue weighted by molar-refractivity contribution is -0.115. The maximum atomic E-state index is 12.0. The van der Waals surface area contributed by atoms with Crippen LogP contribution in [0.4, 0.5) is 0 Å². The summed E-state index contributed by atoms with van der Waals surface area (Å²) in [6, 6.07) is 8.15. The first kappa shape index (κ1) is 25.3. The van der Waals surface area contributed by atoms with Crippen LogP contribution >= 0.6 is 23.4 Å². The van der Waals surface area contributed by atoms with Gasteiger partial charge in [-0.05, 0) is 97.6 Å². The first-order valence-corrected chi connectivity index (χ1v) is 15.9. The SMILES string of the molecule is C[C@]12CC[C@H]3[C@@H](CC=C4C[C@@H](O)CC[C@@]43C)[C@@H]1CC[C@@H]2C1=NN(C2=NC(=O)CS2)C(c2ccc(Cl)cc2)C1.